The predicted octanol–water partition coefficient (Wildman–Crippen LogP) is 20.1. The minimum atomic E-state index is -4.44. The number of carbonyl (C=O) groups is 2. The number of phosphoric acid groups is 1. The van der Waals surface area contributed by atoms with Crippen LogP contribution in [0.4, 0.5) is 0 Å². The van der Waals surface area contributed by atoms with Gasteiger partial charge in [0.05, 0.1) is 33.8 Å². The second kappa shape index (κ2) is 55.8. The molecule has 0 saturated carbocycles. The Morgan fingerprint density at radius 1 is 0.453 bits per heavy atom. The maximum Gasteiger partial charge on any atom is 0.472 e. The number of amides is 1. The van der Waals surface area contributed by atoms with E-state index < -0.39 is 20.0 Å². The maximum atomic E-state index is 13.5. The highest BCUT2D eigenvalue weighted by Gasteiger charge is 2.30. The van der Waals surface area contributed by atoms with Crippen molar-refractivity contribution in [3.8, 4) is 0 Å². The smallest absolute Gasteiger partial charge is 0.456 e. The van der Waals surface area contributed by atoms with Gasteiger partial charge in [0.1, 0.15) is 19.3 Å². The van der Waals surface area contributed by atoms with Crippen LogP contribution in [0, 0.1) is 0 Å². The number of carbonyl (C=O) groups excluding carboxylic acids is 2. The Morgan fingerprint density at radius 3 is 1.15 bits per heavy atom. The Hall–Kier alpha value is -1.51. The number of ether oxygens (including phenoxy) is 1. The Balaban J connectivity index is 5.00. The van der Waals surface area contributed by atoms with E-state index in [1.54, 1.807) is 0 Å². The van der Waals surface area contributed by atoms with Gasteiger partial charge in [0, 0.05) is 12.8 Å². The van der Waals surface area contributed by atoms with Crippen molar-refractivity contribution in [2.24, 2.45) is 0 Å². The van der Waals surface area contributed by atoms with Crippen molar-refractivity contribution in [2.45, 2.75) is 341 Å². The maximum absolute atomic E-state index is 13.5. The SMILES string of the molecule is CCCCCCCC/C=C\CCCCCC(=O)NC(COP(=O)(O)OCC[N+](C)(C)C)C(/C=C\CCCCCCCCCCC)OC(=O)CCCCCCCCCCCCCCCCCCCCCCCCCCC. The summed E-state index contributed by atoms with van der Waals surface area (Å²) in [7, 11) is 1.50. The molecule has 3 atom stereocenters. The third kappa shape index (κ3) is 57.0. The Kier molecular flexibility index (Phi) is 54.7. The molecule has 444 valence electrons. The Bertz CT molecular complexity index is 1340. The molecule has 0 aromatic rings. The standard InChI is InChI=1S/C65H127N2O7P/c1-7-10-13-16-19-22-25-27-28-29-30-31-32-33-34-35-36-37-38-40-43-46-49-52-55-58-65(69)74-63(56-53-50-47-44-41-24-21-18-15-12-9-3)62(61-73-75(70,71)72-60-59-67(4,5)6)66-64(68)57-54-51-48-45-42-39-26-23-20-17-14-11-8-2/h39,42,53,56,62-63H,7-38,40-41,43-52,54-55,57-61H2,1-6H3,(H-,66,68,70,71)/p+1/b42-39-,56-53-. The molecule has 0 aromatic carbocycles. The van der Waals surface area contributed by atoms with E-state index in [4.69, 9.17) is 13.8 Å². The lowest BCUT2D eigenvalue weighted by atomic mass is 10.0. The number of likely N-dealkylation sites (N-methyl/N-ethyl adjacent to an activating group) is 1. The molecule has 0 heterocycles. The number of nitrogens with zero attached hydrogens (tertiary/aromatic N) is 1. The summed E-state index contributed by atoms with van der Waals surface area (Å²) in [5, 5.41) is 3.05. The molecule has 0 spiro atoms. The van der Waals surface area contributed by atoms with E-state index in [9.17, 15) is 19.0 Å². The number of esters is 1. The first kappa shape index (κ1) is 73.5. The largest absolute Gasteiger partial charge is 0.472 e. The van der Waals surface area contributed by atoms with Gasteiger partial charge in [-0.3, -0.25) is 18.6 Å². The topological polar surface area (TPSA) is 111 Å². The van der Waals surface area contributed by atoms with Crippen molar-refractivity contribution in [2.75, 3.05) is 40.9 Å². The lowest BCUT2D eigenvalue weighted by Gasteiger charge is -2.27. The average Bonchev–Trinajstić information content (AvgIpc) is 3.37. The summed E-state index contributed by atoms with van der Waals surface area (Å²) in [5.41, 5.74) is 0. The molecule has 0 aromatic heterocycles. The van der Waals surface area contributed by atoms with E-state index in [0.717, 1.165) is 70.6 Å². The molecule has 0 bridgehead atoms. The van der Waals surface area contributed by atoms with E-state index in [0.29, 0.717) is 23.9 Å². The van der Waals surface area contributed by atoms with Crippen LogP contribution >= 0.6 is 7.82 Å². The van der Waals surface area contributed by atoms with E-state index >= 15 is 0 Å². The highest BCUT2D eigenvalue weighted by Crippen LogP contribution is 2.43. The monoisotopic (exact) mass is 1080 g/mol. The van der Waals surface area contributed by atoms with Crippen LogP contribution in [0.1, 0.15) is 329 Å². The van der Waals surface area contributed by atoms with E-state index in [-0.39, 0.29) is 25.1 Å². The summed E-state index contributed by atoms with van der Waals surface area (Å²) in [6.07, 6.45) is 66.3. The summed E-state index contributed by atoms with van der Waals surface area (Å²) in [4.78, 5) is 37.7. The summed E-state index contributed by atoms with van der Waals surface area (Å²) < 4.78 is 30.7. The lowest BCUT2D eigenvalue weighted by Crippen LogP contribution is -2.47. The predicted molar refractivity (Wildman–Crippen MR) is 323 cm³/mol. The number of rotatable bonds is 60. The minimum Gasteiger partial charge on any atom is -0.456 e. The first-order valence-corrected chi connectivity index (χ1v) is 34.2. The second-order valence-corrected chi connectivity index (χ2v) is 25.1. The Labute approximate surface area is 466 Å². The van der Waals surface area contributed by atoms with E-state index in [2.05, 4.69) is 38.2 Å². The van der Waals surface area contributed by atoms with Gasteiger partial charge in [-0.2, -0.15) is 0 Å². The van der Waals surface area contributed by atoms with Gasteiger partial charge in [-0.15, -0.1) is 0 Å². The number of quaternary nitrogens is 1. The minimum absolute atomic E-state index is 0.0409. The van der Waals surface area contributed by atoms with Gasteiger partial charge in [-0.25, -0.2) is 4.57 Å². The molecule has 0 radical (unpaired) electrons. The number of allylic oxidation sites excluding steroid dienone is 3. The van der Waals surface area contributed by atoms with Crippen LogP contribution in [-0.4, -0.2) is 74.3 Å². The number of hydrogen-bond acceptors (Lipinski definition) is 6. The molecule has 0 fully saturated rings. The van der Waals surface area contributed by atoms with Crippen LogP contribution in [0.25, 0.3) is 0 Å². The quantitative estimate of drug-likeness (QED) is 0.0205. The van der Waals surface area contributed by atoms with Gasteiger partial charge >= 0.3 is 13.8 Å². The van der Waals surface area contributed by atoms with Gasteiger partial charge in [-0.05, 0) is 57.4 Å². The normalized spacial score (nSPS) is 13.7. The van der Waals surface area contributed by atoms with Crippen LogP contribution in [-0.2, 0) is 27.9 Å². The van der Waals surface area contributed by atoms with E-state index in [1.807, 2.05) is 33.3 Å². The molecule has 0 rings (SSSR count). The molecular weight excluding hydrogens is 952 g/mol. The van der Waals surface area contributed by atoms with E-state index in [1.165, 1.54) is 225 Å². The highest BCUT2D eigenvalue weighted by atomic mass is 31.2. The van der Waals surface area contributed by atoms with Gasteiger partial charge in [-0.1, -0.05) is 283 Å². The zero-order valence-electron chi connectivity index (χ0n) is 50.8. The van der Waals surface area contributed by atoms with Crippen LogP contribution in [0.2, 0.25) is 0 Å². The molecule has 3 unspecified atom stereocenters. The van der Waals surface area contributed by atoms with Crippen LogP contribution < -0.4 is 5.32 Å². The van der Waals surface area contributed by atoms with Crippen molar-refractivity contribution in [3.05, 3.63) is 24.3 Å². The molecule has 75 heavy (non-hydrogen) atoms. The molecule has 2 N–H and O–H groups in total. The summed E-state index contributed by atoms with van der Waals surface area (Å²) >= 11 is 0. The summed E-state index contributed by atoms with van der Waals surface area (Å²) in [6, 6.07) is -0.850. The van der Waals surface area contributed by atoms with Crippen LogP contribution in [0.3, 0.4) is 0 Å². The fourth-order valence-electron chi connectivity index (χ4n) is 9.82. The van der Waals surface area contributed by atoms with Gasteiger partial charge < -0.3 is 19.4 Å². The zero-order chi connectivity index (χ0) is 55.0. The van der Waals surface area contributed by atoms with Crippen molar-refractivity contribution in [1.29, 1.82) is 0 Å². The van der Waals surface area contributed by atoms with Crippen molar-refractivity contribution >= 4 is 19.7 Å². The zero-order valence-corrected chi connectivity index (χ0v) is 51.7. The molecular formula is C65H128N2O7P+. The number of hydrogen-bond donors (Lipinski definition) is 2. The number of unbranched alkanes of at least 4 members (excludes halogenated alkanes) is 42. The first-order valence-electron chi connectivity index (χ1n) is 32.7. The highest BCUT2D eigenvalue weighted by molar-refractivity contribution is 7.47. The summed E-state index contributed by atoms with van der Waals surface area (Å²) in [5.74, 6) is -0.508. The van der Waals surface area contributed by atoms with Gasteiger partial charge in [0.2, 0.25) is 5.91 Å². The van der Waals surface area contributed by atoms with Crippen LogP contribution in [0.5, 0.6) is 0 Å². The third-order valence-corrected chi connectivity index (χ3v) is 15.9. The summed E-state index contributed by atoms with van der Waals surface area (Å²) in [6.45, 7) is 7.03. The molecule has 0 aliphatic heterocycles. The fourth-order valence-corrected chi connectivity index (χ4v) is 10.6. The molecule has 0 aliphatic carbocycles. The molecule has 10 heteroatoms. The van der Waals surface area contributed by atoms with Crippen molar-refractivity contribution < 1.29 is 37.3 Å². The molecule has 0 saturated heterocycles. The molecule has 0 aliphatic rings. The van der Waals surface area contributed by atoms with Gasteiger partial charge in [0.25, 0.3) is 0 Å². The van der Waals surface area contributed by atoms with Gasteiger partial charge in [0.15, 0.2) is 0 Å². The first-order chi connectivity index (χ1) is 36.4. The molecule has 9 nitrogen and oxygen atoms in total. The molecule has 1 amide bonds. The lowest BCUT2D eigenvalue weighted by molar-refractivity contribution is -0.870. The third-order valence-electron chi connectivity index (χ3n) is 14.9. The van der Waals surface area contributed by atoms with Crippen molar-refractivity contribution in [3.63, 3.8) is 0 Å². The fraction of sp³-hybridized carbons (Fsp3) is 0.908. The van der Waals surface area contributed by atoms with Crippen LogP contribution in [0.15, 0.2) is 24.3 Å². The second-order valence-electron chi connectivity index (χ2n) is 23.6. The van der Waals surface area contributed by atoms with Crippen molar-refractivity contribution in [1.82, 2.24) is 5.32 Å². The Morgan fingerprint density at radius 2 is 0.773 bits per heavy atom. The average molecular weight is 1080 g/mol. The number of phosphoric ester groups is 1. The number of nitrogens with one attached hydrogen (secondary N) is 1.